The molecule has 1 aliphatic rings. The highest BCUT2D eigenvalue weighted by Gasteiger charge is 2.31. The Balaban J connectivity index is 2.19. The summed E-state index contributed by atoms with van der Waals surface area (Å²) in [5, 5.41) is 0. The average Bonchev–Trinajstić information content (AvgIpc) is 2.88. The van der Waals surface area contributed by atoms with Crippen molar-refractivity contribution < 1.29 is 8.42 Å². The summed E-state index contributed by atoms with van der Waals surface area (Å²) in [5.74, 6) is 0. The molecule has 1 unspecified atom stereocenters. The number of likely N-dealkylation sites (N-methyl/N-ethyl adjacent to an activating group) is 1. The van der Waals surface area contributed by atoms with Crippen molar-refractivity contribution in [3.63, 3.8) is 0 Å². The number of thiophene rings is 1. The van der Waals surface area contributed by atoms with E-state index in [9.17, 15) is 8.42 Å². The van der Waals surface area contributed by atoms with Gasteiger partial charge in [0.25, 0.3) is 10.0 Å². The van der Waals surface area contributed by atoms with Gasteiger partial charge in [-0.2, -0.15) is 4.31 Å². The maximum Gasteiger partial charge on any atom is 0.252 e. The van der Waals surface area contributed by atoms with Crippen LogP contribution in [0.15, 0.2) is 16.3 Å². The number of piperidine rings is 1. The molecule has 0 saturated carbocycles. The zero-order valence-electron chi connectivity index (χ0n) is 11.4. The Morgan fingerprint density at radius 2 is 2.21 bits per heavy atom. The fourth-order valence-electron chi connectivity index (χ4n) is 2.29. The summed E-state index contributed by atoms with van der Waals surface area (Å²) in [4.78, 5) is 3.00. The molecule has 1 fully saturated rings. The van der Waals surface area contributed by atoms with Gasteiger partial charge in [-0.1, -0.05) is 0 Å². The molecule has 7 heteroatoms. The Hall–Kier alpha value is -0.470. The predicted molar refractivity (Wildman–Crippen MR) is 77.7 cm³/mol. The van der Waals surface area contributed by atoms with Gasteiger partial charge in [0.05, 0.1) is 0 Å². The van der Waals surface area contributed by atoms with E-state index in [1.807, 2.05) is 14.1 Å². The second-order valence-corrected chi connectivity index (χ2v) is 8.38. The molecule has 1 aromatic rings. The van der Waals surface area contributed by atoms with Crippen molar-refractivity contribution in [1.82, 2.24) is 9.21 Å². The lowest BCUT2D eigenvalue weighted by Gasteiger charge is -2.35. The van der Waals surface area contributed by atoms with E-state index in [-0.39, 0.29) is 0 Å². The van der Waals surface area contributed by atoms with Crippen LogP contribution >= 0.6 is 11.3 Å². The Kier molecular flexibility index (Phi) is 4.62. The van der Waals surface area contributed by atoms with Crippen LogP contribution in [-0.4, -0.2) is 50.8 Å². The van der Waals surface area contributed by atoms with Crippen molar-refractivity contribution in [2.75, 3.05) is 27.2 Å². The number of rotatable bonds is 4. The molecule has 0 aliphatic carbocycles. The van der Waals surface area contributed by atoms with Gasteiger partial charge in [0, 0.05) is 30.6 Å². The topological polar surface area (TPSA) is 66.6 Å². The number of nitrogens with zero attached hydrogens (tertiary/aromatic N) is 2. The van der Waals surface area contributed by atoms with Gasteiger partial charge in [0.2, 0.25) is 0 Å². The largest absolute Gasteiger partial charge is 0.326 e. The van der Waals surface area contributed by atoms with E-state index in [0.717, 1.165) is 17.7 Å². The zero-order valence-corrected chi connectivity index (χ0v) is 13.0. The summed E-state index contributed by atoms with van der Waals surface area (Å²) in [6, 6.07) is 3.77. The summed E-state index contributed by atoms with van der Waals surface area (Å²) in [5.41, 5.74) is 5.54. The second kappa shape index (κ2) is 5.88. The number of sulfonamides is 1. The fourth-order valence-corrected chi connectivity index (χ4v) is 5.20. The van der Waals surface area contributed by atoms with E-state index in [4.69, 9.17) is 5.73 Å². The van der Waals surface area contributed by atoms with Crippen molar-refractivity contribution in [1.29, 1.82) is 0 Å². The molecule has 0 radical (unpaired) electrons. The molecule has 1 atom stereocenters. The molecule has 5 nitrogen and oxygen atoms in total. The molecule has 0 bridgehead atoms. The van der Waals surface area contributed by atoms with Crippen LogP contribution in [0.5, 0.6) is 0 Å². The van der Waals surface area contributed by atoms with Gasteiger partial charge < -0.3 is 10.6 Å². The summed E-state index contributed by atoms with van der Waals surface area (Å²) in [6.07, 6.45) is 1.97. The number of hydrogen-bond donors (Lipinski definition) is 1. The van der Waals surface area contributed by atoms with Crippen molar-refractivity contribution in [3.05, 3.63) is 17.0 Å². The van der Waals surface area contributed by atoms with Crippen molar-refractivity contribution in [3.8, 4) is 0 Å². The maximum atomic E-state index is 12.6. The molecule has 1 aliphatic heterocycles. The van der Waals surface area contributed by atoms with Gasteiger partial charge in [-0.05, 0) is 39.1 Å². The van der Waals surface area contributed by atoms with Gasteiger partial charge >= 0.3 is 0 Å². The maximum absolute atomic E-state index is 12.6. The fraction of sp³-hybridized carbons (Fsp3) is 0.667. The third-order valence-corrected chi connectivity index (χ3v) is 6.96. The molecular formula is C12H21N3O2S2. The first-order valence-electron chi connectivity index (χ1n) is 6.40. The highest BCUT2D eigenvalue weighted by Crippen LogP contribution is 2.27. The van der Waals surface area contributed by atoms with E-state index >= 15 is 0 Å². The van der Waals surface area contributed by atoms with Gasteiger partial charge in [0.15, 0.2) is 0 Å². The molecule has 0 aromatic carbocycles. The summed E-state index contributed by atoms with van der Waals surface area (Å²) in [7, 11) is 0.649. The van der Waals surface area contributed by atoms with Gasteiger partial charge in [-0.3, -0.25) is 0 Å². The van der Waals surface area contributed by atoms with Crippen LogP contribution in [0.1, 0.15) is 17.7 Å². The third-order valence-electron chi connectivity index (χ3n) is 3.52. The third kappa shape index (κ3) is 3.17. The van der Waals surface area contributed by atoms with Crippen LogP contribution in [0.3, 0.4) is 0 Å². The van der Waals surface area contributed by atoms with Crippen molar-refractivity contribution in [2.45, 2.75) is 29.6 Å². The quantitative estimate of drug-likeness (QED) is 0.898. The molecular weight excluding hydrogens is 282 g/mol. The minimum absolute atomic E-state index is 0.303. The van der Waals surface area contributed by atoms with Crippen LogP contribution in [-0.2, 0) is 16.6 Å². The van der Waals surface area contributed by atoms with Gasteiger partial charge in [-0.25, -0.2) is 8.42 Å². The molecule has 2 heterocycles. The van der Waals surface area contributed by atoms with Crippen molar-refractivity contribution >= 4 is 21.4 Å². The zero-order chi connectivity index (χ0) is 14.0. The monoisotopic (exact) mass is 303 g/mol. The summed E-state index contributed by atoms with van der Waals surface area (Å²) >= 11 is 1.27. The molecule has 2 rings (SSSR count). The van der Waals surface area contributed by atoms with Crippen LogP contribution in [0.4, 0.5) is 0 Å². The average molecular weight is 303 g/mol. The summed E-state index contributed by atoms with van der Waals surface area (Å²) in [6.45, 7) is 1.58. The number of nitrogens with two attached hydrogens (primary N) is 1. The van der Waals surface area contributed by atoms with Crippen LogP contribution < -0.4 is 5.73 Å². The number of hydrogen-bond acceptors (Lipinski definition) is 5. The van der Waals surface area contributed by atoms with E-state index in [2.05, 4.69) is 4.90 Å². The first-order chi connectivity index (χ1) is 8.95. The molecule has 2 N–H and O–H groups in total. The Morgan fingerprint density at radius 1 is 1.47 bits per heavy atom. The summed E-state index contributed by atoms with van der Waals surface area (Å²) < 4.78 is 27.1. The lowest BCUT2D eigenvalue weighted by Crippen LogP contribution is -2.47. The Bertz CT molecular complexity index is 525. The standard InChI is InChI=1S/C12H21N3O2S2/c1-14(2)10-4-3-7-15(9-10)19(16,17)12-6-5-11(8-13)18-12/h5-6,10H,3-4,7-9,13H2,1-2H3. The molecule has 0 amide bonds. The minimum atomic E-state index is -3.35. The van der Waals surface area contributed by atoms with Crippen molar-refractivity contribution in [2.24, 2.45) is 5.73 Å². The highest BCUT2D eigenvalue weighted by atomic mass is 32.2. The molecule has 0 spiro atoms. The highest BCUT2D eigenvalue weighted by molar-refractivity contribution is 7.91. The van der Waals surface area contributed by atoms with E-state index in [1.165, 1.54) is 11.3 Å². The second-order valence-electron chi connectivity index (χ2n) is 5.05. The first kappa shape index (κ1) is 14.9. The molecule has 1 aromatic heterocycles. The lowest BCUT2D eigenvalue weighted by atomic mass is 10.1. The van der Waals surface area contributed by atoms with E-state index < -0.39 is 10.0 Å². The Labute approximate surface area is 119 Å². The predicted octanol–water partition coefficient (Wildman–Crippen LogP) is 0.921. The lowest BCUT2D eigenvalue weighted by molar-refractivity contribution is 0.190. The van der Waals surface area contributed by atoms with Crippen LogP contribution in [0.2, 0.25) is 0 Å². The van der Waals surface area contributed by atoms with Crippen LogP contribution in [0, 0.1) is 0 Å². The van der Waals surface area contributed by atoms with Gasteiger partial charge in [-0.15, -0.1) is 11.3 Å². The van der Waals surface area contributed by atoms with E-state index in [0.29, 0.717) is 29.9 Å². The Morgan fingerprint density at radius 3 is 2.79 bits per heavy atom. The molecule has 1 saturated heterocycles. The normalized spacial score (nSPS) is 22.0. The van der Waals surface area contributed by atoms with Gasteiger partial charge in [0.1, 0.15) is 4.21 Å². The molecule has 19 heavy (non-hydrogen) atoms. The smallest absolute Gasteiger partial charge is 0.252 e. The first-order valence-corrected chi connectivity index (χ1v) is 8.66. The minimum Gasteiger partial charge on any atom is -0.326 e. The molecule has 108 valence electrons. The van der Waals surface area contributed by atoms with Crippen LogP contribution in [0.25, 0.3) is 0 Å². The van der Waals surface area contributed by atoms with E-state index in [1.54, 1.807) is 16.4 Å². The SMILES string of the molecule is CN(C)C1CCCN(S(=O)(=O)c2ccc(CN)s2)C1.